The SMILES string of the molecule is CCc1ncc(N(C=O)CC2CCC(C(=O)O)CC2)n1Cc1ccc(C(F)(F)F)cc1. The maximum absolute atomic E-state index is 12.8. The van der Waals surface area contributed by atoms with E-state index in [-0.39, 0.29) is 11.8 Å². The highest BCUT2D eigenvalue weighted by Crippen LogP contribution is 2.31. The van der Waals surface area contributed by atoms with Gasteiger partial charge in [-0.05, 0) is 49.3 Å². The molecule has 168 valence electrons. The maximum Gasteiger partial charge on any atom is 0.416 e. The number of carboxylic acid groups (broad SMARTS) is 1. The molecule has 1 aliphatic carbocycles. The van der Waals surface area contributed by atoms with Gasteiger partial charge in [-0.2, -0.15) is 13.2 Å². The number of carbonyl (C=O) groups is 2. The highest BCUT2D eigenvalue weighted by Gasteiger charge is 2.30. The van der Waals surface area contributed by atoms with Crippen LogP contribution in [0.25, 0.3) is 0 Å². The van der Waals surface area contributed by atoms with Gasteiger partial charge in [0.15, 0.2) is 0 Å². The van der Waals surface area contributed by atoms with Crippen molar-refractivity contribution >= 4 is 18.2 Å². The molecule has 2 aromatic rings. The van der Waals surface area contributed by atoms with Crippen LogP contribution in [0.1, 0.15) is 49.6 Å². The first-order valence-corrected chi connectivity index (χ1v) is 10.4. The molecule has 1 saturated carbocycles. The van der Waals surface area contributed by atoms with Gasteiger partial charge >= 0.3 is 12.1 Å². The van der Waals surface area contributed by atoms with E-state index < -0.39 is 17.7 Å². The third-order valence-corrected chi connectivity index (χ3v) is 5.93. The Morgan fingerprint density at radius 1 is 1.23 bits per heavy atom. The number of nitrogens with zero attached hydrogens (tertiary/aromatic N) is 3. The second-order valence-electron chi connectivity index (χ2n) is 7.98. The molecule has 0 saturated heterocycles. The van der Waals surface area contributed by atoms with Crippen molar-refractivity contribution in [2.45, 2.75) is 51.7 Å². The fourth-order valence-electron chi connectivity index (χ4n) is 4.13. The Kier molecular flexibility index (Phi) is 7.02. The van der Waals surface area contributed by atoms with Crippen molar-refractivity contribution in [2.24, 2.45) is 11.8 Å². The summed E-state index contributed by atoms with van der Waals surface area (Å²) in [6, 6.07) is 4.97. The summed E-state index contributed by atoms with van der Waals surface area (Å²) in [7, 11) is 0. The molecule has 6 nitrogen and oxygen atoms in total. The van der Waals surface area contributed by atoms with Gasteiger partial charge in [-0.1, -0.05) is 19.1 Å². The smallest absolute Gasteiger partial charge is 0.416 e. The average Bonchev–Trinajstić information content (AvgIpc) is 3.14. The van der Waals surface area contributed by atoms with Crippen LogP contribution in [-0.4, -0.2) is 33.6 Å². The van der Waals surface area contributed by atoms with Gasteiger partial charge < -0.3 is 9.67 Å². The third-order valence-electron chi connectivity index (χ3n) is 5.93. The zero-order valence-corrected chi connectivity index (χ0v) is 17.3. The molecule has 0 atom stereocenters. The van der Waals surface area contributed by atoms with E-state index in [0.717, 1.165) is 37.2 Å². The van der Waals surface area contributed by atoms with Crippen LogP contribution >= 0.6 is 0 Å². The minimum Gasteiger partial charge on any atom is -0.481 e. The van der Waals surface area contributed by atoms with Gasteiger partial charge in [0.2, 0.25) is 6.41 Å². The predicted molar refractivity (Wildman–Crippen MR) is 109 cm³/mol. The molecule has 0 spiro atoms. The number of halogens is 3. The van der Waals surface area contributed by atoms with Crippen molar-refractivity contribution in [3.05, 3.63) is 47.4 Å². The summed E-state index contributed by atoms with van der Waals surface area (Å²) in [5.74, 6) is 0.425. The highest BCUT2D eigenvalue weighted by molar-refractivity contribution is 5.73. The van der Waals surface area contributed by atoms with Crippen LogP contribution in [0.3, 0.4) is 0 Å². The predicted octanol–water partition coefficient (Wildman–Crippen LogP) is 4.37. The van der Waals surface area contributed by atoms with Crippen LogP contribution in [0, 0.1) is 11.8 Å². The maximum atomic E-state index is 12.8. The van der Waals surface area contributed by atoms with Crippen molar-refractivity contribution in [1.29, 1.82) is 0 Å². The molecule has 0 bridgehead atoms. The number of aryl methyl sites for hydroxylation is 1. The molecule has 1 heterocycles. The number of rotatable bonds is 8. The topological polar surface area (TPSA) is 75.4 Å². The molecule has 1 fully saturated rings. The Hall–Kier alpha value is -2.84. The van der Waals surface area contributed by atoms with Crippen LogP contribution in [0.4, 0.5) is 19.0 Å². The Morgan fingerprint density at radius 2 is 1.87 bits per heavy atom. The molecule has 31 heavy (non-hydrogen) atoms. The van der Waals surface area contributed by atoms with Crippen molar-refractivity contribution in [2.75, 3.05) is 11.4 Å². The molecular weight excluding hydrogens is 411 g/mol. The summed E-state index contributed by atoms with van der Waals surface area (Å²) in [4.78, 5) is 29.0. The van der Waals surface area contributed by atoms with Gasteiger partial charge in [-0.15, -0.1) is 0 Å². The number of anilines is 1. The lowest BCUT2D eigenvalue weighted by Crippen LogP contribution is -2.33. The summed E-state index contributed by atoms with van der Waals surface area (Å²) < 4.78 is 40.3. The lowest BCUT2D eigenvalue weighted by atomic mass is 9.82. The number of hydrogen-bond acceptors (Lipinski definition) is 3. The monoisotopic (exact) mass is 437 g/mol. The van der Waals surface area contributed by atoms with E-state index in [4.69, 9.17) is 5.11 Å². The molecule has 0 aliphatic heterocycles. The van der Waals surface area contributed by atoms with Crippen LogP contribution in [-0.2, 0) is 28.7 Å². The van der Waals surface area contributed by atoms with E-state index in [9.17, 15) is 22.8 Å². The Balaban J connectivity index is 1.76. The number of carboxylic acids is 1. The zero-order valence-electron chi connectivity index (χ0n) is 17.3. The number of alkyl halides is 3. The fourth-order valence-corrected chi connectivity index (χ4v) is 4.13. The molecule has 1 amide bonds. The fraction of sp³-hybridized carbons (Fsp3) is 0.500. The minimum atomic E-state index is -4.39. The van der Waals surface area contributed by atoms with Crippen molar-refractivity contribution in [3.63, 3.8) is 0 Å². The molecule has 3 rings (SSSR count). The van der Waals surface area contributed by atoms with E-state index >= 15 is 0 Å². The van der Waals surface area contributed by atoms with Crippen molar-refractivity contribution in [1.82, 2.24) is 9.55 Å². The number of benzene rings is 1. The Bertz CT molecular complexity index is 901. The zero-order chi connectivity index (χ0) is 22.6. The molecule has 0 radical (unpaired) electrons. The van der Waals surface area contributed by atoms with E-state index in [2.05, 4.69) is 4.98 Å². The molecule has 1 aliphatic rings. The Labute approximate surface area is 178 Å². The molecule has 0 unspecified atom stereocenters. The molecule has 1 aromatic carbocycles. The van der Waals surface area contributed by atoms with Crippen molar-refractivity contribution in [3.8, 4) is 0 Å². The summed E-state index contributed by atoms with van der Waals surface area (Å²) >= 11 is 0. The lowest BCUT2D eigenvalue weighted by molar-refractivity contribution is -0.143. The normalized spacial score (nSPS) is 19.2. The van der Waals surface area contributed by atoms with E-state index in [1.54, 1.807) is 11.1 Å². The molecular formula is C22H26F3N3O3. The minimum absolute atomic E-state index is 0.195. The molecule has 1 aromatic heterocycles. The number of aliphatic carboxylic acids is 1. The van der Waals surface area contributed by atoms with Gasteiger partial charge in [-0.25, -0.2) is 4.98 Å². The van der Waals surface area contributed by atoms with Crippen LogP contribution in [0.2, 0.25) is 0 Å². The number of amides is 1. The van der Waals surface area contributed by atoms with E-state index in [0.29, 0.717) is 43.7 Å². The summed E-state index contributed by atoms with van der Waals surface area (Å²) in [5, 5.41) is 9.16. The first-order chi connectivity index (χ1) is 14.7. The average molecular weight is 437 g/mol. The second kappa shape index (κ2) is 9.53. The van der Waals surface area contributed by atoms with Crippen molar-refractivity contribution < 1.29 is 27.9 Å². The number of hydrogen-bond donors (Lipinski definition) is 1. The van der Waals surface area contributed by atoms with Gasteiger partial charge in [-0.3, -0.25) is 14.5 Å². The molecule has 1 N–H and O–H groups in total. The summed E-state index contributed by atoms with van der Waals surface area (Å²) in [5.41, 5.74) is -0.0286. The molecule has 9 heteroatoms. The largest absolute Gasteiger partial charge is 0.481 e. The third kappa shape index (κ3) is 5.45. The Morgan fingerprint density at radius 3 is 2.39 bits per heavy atom. The first-order valence-electron chi connectivity index (χ1n) is 10.4. The second-order valence-corrected chi connectivity index (χ2v) is 7.98. The standard InChI is InChI=1S/C22H26F3N3O3/c1-2-19-26-11-20(27(14-29)12-15-3-7-17(8-4-15)21(30)31)28(19)13-16-5-9-18(10-6-16)22(23,24)25/h5-6,9-11,14-15,17H,2-4,7-8,12-13H2,1H3,(H,30,31). The summed E-state index contributed by atoms with van der Waals surface area (Å²) in [6.45, 7) is 2.68. The van der Waals surface area contributed by atoms with E-state index in [1.165, 1.54) is 12.1 Å². The van der Waals surface area contributed by atoms with Crippen LogP contribution in [0.15, 0.2) is 30.5 Å². The first kappa shape index (κ1) is 22.8. The number of carbonyl (C=O) groups excluding carboxylic acids is 1. The number of aromatic nitrogens is 2. The summed E-state index contributed by atoms with van der Waals surface area (Å²) in [6.07, 6.45) is 1.22. The van der Waals surface area contributed by atoms with Crippen LogP contribution in [0.5, 0.6) is 0 Å². The van der Waals surface area contributed by atoms with Crippen LogP contribution < -0.4 is 4.90 Å². The quantitative estimate of drug-likeness (QED) is 0.623. The lowest BCUT2D eigenvalue weighted by Gasteiger charge is -2.30. The van der Waals surface area contributed by atoms with Gasteiger partial charge in [0.25, 0.3) is 0 Å². The van der Waals surface area contributed by atoms with E-state index in [1.807, 2.05) is 11.5 Å². The highest BCUT2D eigenvalue weighted by atomic mass is 19.4. The van der Waals surface area contributed by atoms with Gasteiger partial charge in [0.05, 0.1) is 24.2 Å². The number of imidazole rings is 1. The van der Waals surface area contributed by atoms with Gasteiger partial charge in [0, 0.05) is 13.0 Å². The van der Waals surface area contributed by atoms with Gasteiger partial charge in [0.1, 0.15) is 11.6 Å².